The molecule has 8 nitrogen and oxygen atoms in total. The summed E-state index contributed by atoms with van der Waals surface area (Å²) in [6, 6.07) is 0. The Labute approximate surface area is 148 Å². The number of halogens is 1. The molecule has 0 bridgehead atoms. The van der Waals surface area contributed by atoms with Crippen molar-refractivity contribution in [2.24, 2.45) is 0 Å². The van der Waals surface area contributed by atoms with Crippen LogP contribution in [0.5, 0.6) is 0 Å². The van der Waals surface area contributed by atoms with E-state index in [2.05, 4.69) is 22.6 Å². The van der Waals surface area contributed by atoms with Gasteiger partial charge in [0.05, 0.1) is 12.7 Å². The summed E-state index contributed by atoms with van der Waals surface area (Å²) in [6.07, 6.45) is -4.46. The van der Waals surface area contributed by atoms with Gasteiger partial charge in [0.15, 0.2) is 24.6 Å². The van der Waals surface area contributed by atoms with Crippen molar-refractivity contribution >= 4 is 40.5 Å². The molecule has 1 fully saturated rings. The molecule has 0 aromatic rings. The molecule has 23 heavy (non-hydrogen) atoms. The van der Waals surface area contributed by atoms with E-state index in [4.69, 9.17) is 23.7 Å². The molecule has 1 aliphatic heterocycles. The lowest BCUT2D eigenvalue weighted by atomic mass is 9.99. The van der Waals surface area contributed by atoms with Gasteiger partial charge < -0.3 is 23.7 Å². The molecule has 1 heterocycles. The molecular weight excluding hydrogens is 423 g/mol. The summed E-state index contributed by atoms with van der Waals surface area (Å²) in [7, 11) is 0. The van der Waals surface area contributed by atoms with E-state index < -0.39 is 48.6 Å². The van der Waals surface area contributed by atoms with Gasteiger partial charge in [-0.1, -0.05) is 22.6 Å². The average Bonchev–Trinajstić information content (AvgIpc) is 2.42. The standard InChI is InChI=1S/C14H21IO8/c1-7-11(21-8(2)16)12(22-9(3)17)13(23-10(4)18)14(20-7)19-6-5-15/h7,11-14H,5-6H2,1-4H3/t7-,11+,12+,13-,14+/m0/s1. The lowest BCUT2D eigenvalue weighted by Crippen LogP contribution is -2.61. The van der Waals surface area contributed by atoms with E-state index in [9.17, 15) is 14.4 Å². The number of esters is 3. The van der Waals surface area contributed by atoms with Gasteiger partial charge in [-0.2, -0.15) is 0 Å². The van der Waals surface area contributed by atoms with Crippen molar-refractivity contribution in [3.8, 4) is 0 Å². The van der Waals surface area contributed by atoms with Gasteiger partial charge in [-0.15, -0.1) is 0 Å². The van der Waals surface area contributed by atoms with E-state index in [1.807, 2.05) is 0 Å². The van der Waals surface area contributed by atoms with Gasteiger partial charge in [-0.25, -0.2) is 0 Å². The van der Waals surface area contributed by atoms with Crippen molar-refractivity contribution in [1.82, 2.24) is 0 Å². The van der Waals surface area contributed by atoms with Crippen molar-refractivity contribution in [1.29, 1.82) is 0 Å². The summed E-state index contributed by atoms with van der Waals surface area (Å²) in [6.45, 7) is 5.70. The molecule has 132 valence electrons. The van der Waals surface area contributed by atoms with Crippen molar-refractivity contribution in [2.45, 2.75) is 58.4 Å². The molecule has 0 aliphatic carbocycles. The molecular formula is C14H21IO8. The first-order chi connectivity index (χ1) is 10.8. The quantitative estimate of drug-likeness (QED) is 0.259. The monoisotopic (exact) mass is 444 g/mol. The van der Waals surface area contributed by atoms with Crippen molar-refractivity contribution in [3.63, 3.8) is 0 Å². The summed E-state index contributed by atoms with van der Waals surface area (Å²) >= 11 is 2.12. The number of ether oxygens (including phenoxy) is 5. The van der Waals surface area contributed by atoms with E-state index in [0.717, 1.165) is 0 Å². The van der Waals surface area contributed by atoms with Crippen molar-refractivity contribution in [3.05, 3.63) is 0 Å². The van der Waals surface area contributed by atoms with Gasteiger partial charge in [-0.05, 0) is 6.92 Å². The number of rotatable bonds is 6. The van der Waals surface area contributed by atoms with Crippen LogP contribution in [-0.4, -0.2) is 59.6 Å². The highest BCUT2D eigenvalue weighted by Crippen LogP contribution is 2.29. The lowest BCUT2D eigenvalue weighted by Gasteiger charge is -2.43. The normalized spacial score (nSPS) is 30.4. The fourth-order valence-corrected chi connectivity index (χ4v) is 2.52. The van der Waals surface area contributed by atoms with Crippen LogP contribution in [0.3, 0.4) is 0 Å². The molecule has 0 unspecified atom stereocenters. The highest BCUT2D eigenvalue weighted by molar-refractivity contribution is 14.1. The molecule has 9 heteroatoms. The summed E-state index contributed by atoms with van der Waals surface area (Å²) in [5, 5.41) is 0. The lowest BCUT2D eigenvalue weighted by molar-refractivity contribution is -0.299. The van der Waals surface area contributed by atoms with Crippen LogP contribution < -0.4 is 0 Å². The molecule has 0 N–H and O–H groups in total. The van der Waals surface area contributed by atoms with Gasteiger partial charge in [0.1, 0.15) is 0 Å². The SMILES string of the molecule is CC(=O)O[C@H]1[C@H](OC(C)=O)[C@H](OCCI)O[C@@H](C)[C@H]1OC(C)=O. The fraction of sp³-hybridized carbons (Fsp3) is 0.786. The summed E-state index contributed by atoms with van der Waals surface area (Å²) in [5.41, 5.74) is 0. The van der Waals surface area contributed by atoms with Crippen LogP contribution in [0.15, 0.2) is 0 Å². The van der Waals surface area contributed by atoms with Crippen molar-refractivity contribution < 1.29 is 38.1 Å². The molecule has 1 saturated heterocycles. The van der Waals surface area contributed by atoms with E-state index in [1.54, 1.807) is 6.92 Å². The predicted molar refractivity (Wildman–Crippen MR) is 85.8 cm³/mol. The van der Waals surface area contributed by atoms with Crippen LogP contribution in [0, 0.1) is 0 Å². The molecule has 0 amide bonds. The van der Waals surface area contributed by atoms with E-state index in [0.29, 0.717) is 11.0 Å². The molecule has 0 aromatic carbocycles. The van der Waals surface area contributed by atoms with Crippen LogP contribution in [-0.2, 0) is 38.1 Å². The van der Waals surface area contributed by atoms with Crippen LogP contribution >= 0.6 is 22.6 Å². The van der Waals surface area contributed by atoms with Crippen LogP contribution in [0.4, 0.5) is 0 Å². The van der Waals surface area contributed by atoms with Gasteiger partial charge in [0, 0.05) is 25.2 Å². The average molecular weight is 444 g/mol. The Morgan fingerprint density at radius 1 is 0.913 bits per heavy atom. The molecule has 1 rings (SSSR count). The molecule has 5 atom stereocenters. The Kier molecular flexibility index (Phi) is 8.20. The minimum atomic E-state index is -1.03. The van der Waals surface area contributed by atoms with Crippen LogP contribution in [0.25, 0.3) is 0 Å². The molecule has 0 radical (unpaired) electrons. The first kappa shape index (κ1) is 20.1. The summed E-state index contributed by atoms with van der Waals surface area (Å²) < 4.78 is 27.5. The summed E-state index contributed by atoms with van der Waals surface area (Å²) in [4.78, 5) is 34.1. The Morgan fingerprint density at radius 3 is 1.87 bits per heavy atom. The number of hydrogen-bond donors (Lipinski definition) is 0. The molecule has 0 aromatic heterocycles. The number of alkyl halides is 1. The maximum Gasteiger partial charge on any atom is 0.303 e. The molecule has 0 saturated carbocycles. The smallest absolute Gasteiger partial charge is 0.303 e. The highest BCUT2D eigenvalue weighted by Gasteiger charge is 2.50. The highest BCUT2D eigenvalue weighted by atomic mass is 127. The van der Waals surface area contributed by atoms with Gasteiger partial charge in [0.2, 0.25) is 0 Å². The Balaban J connectivity index is 3.08. The van der Waals surface area contributed by atoms with Gasteiger partial charge in [-0.3, -0.25) is 14.4 Å². The largest absolute Gasteiger partial charge is 0.456 e. The number of carbonyl (C=O) groups is 3. The third kappa shape index (κ3) is 6.22. The second-order valence-corrected chi connectivity index (χ2v) is 6.07. The number of hydrogen-bond acceptors (Lipinski definition) is 8. The maximum atomic E-state index is 11.4. The third-order valence-corrected chi connectivity index (χ3v) is 3.43. The minimum absolute atomic E-state index is 0.362. The summed E-state index contributed by atoms with van der Waals surface area (Å²) in [5.74, 6) is -1.74. The maximum absolute atomic E-state index is 11.4. The predicted octanol–water partition coefficient (Wildman–Crippen LogP) is 0.978. The first-order valence-electron chi connectivity index (χ1n) is 7.11. The van der Waals surface area contributed by atoms with E-state index in [1.165, 1.54) is 20.8 Å². The number of carbonyl (C=O) groups excluding carboxylic acids is 3. The first-order valence-corrected chi connectivity index (χ1v) is 8.63. The Morgan fingerprint density at radius 2 is 1.39 bits per heavy atom. The van der Waals surface area contributed by atoms with Gasteiger partial charge in [0.25, 0.3) is 0 Å². The zero-order valence-electron chi connectivity index (χ0n) is 13.4. The Bertz CT molecular complexity index is 440. The second-order valence-electron chi connectivity index (χ2n) is 4.99. The topological polar surface area (TPSA) is 97.4 Å². The zero-order chi connectivity index (χ0) is 17.6. The van der Waals surface area contributed by atoms with Gasteiger partial charge >= 0.3 is 17.9 Å². The Hall–Kier alpha value is -0.940. The zero-order valence-corrected chi connectivity index (χ0v) is 15.6. The van der Waals surface area contributed by atoms with Crippen LogP contribution in [0.1, 0.15) is 27.7 Å². The fourth-order valence-electron chi connectivity index (χ4n) is 2.26. The van der Waals surface area contributed by atoms with Crippen LogP contribution in [0.2, 0.25) is 0 Å². The minimum Gasteiger partial charge on any atom is -0.456 e. The van der Waals surface area contributed by atoms with E-state index >= 15 is 0 Å². The molecule has 1 aliphatic rings. The molecule has 0 spiro atoms. The van der Waals surface area contributed by atoms with E-state index in [-0.39, 0.29) is 0 Å². The third-order valence-electron chi connectivity index (χ3n) is 2.99. The second kappa shape index (κ2) is 9.38. The van der Waals surface area contributed by atoms with Crippen molar-refractivity contribution in [2.75, 3.05) is 11.0 Å².